The summed E-state index contributed by atoms with van der Waals surface area (Å²) in [6, 6.07) is 9.94. The van der Waals surface area contributed by atoms with E-state index in [1.165, 1.54) is 0 Å². The van der Waals surface area contributed by atoms with Gasteiger partial charge in [0.1, 0.15) is 0 Å². The first kappa shape index (κ1) is 10.8. The summed E-state index contributed by atoms with van der Waals surface area (Å²) < 4.78 is 5.10. The molecule has 0 bridgehead atoms. The van der Waals surface area contributed by atoms with Crippen molar-refractivity contribution in [3.05, 3.63) is 47.6 Å². The van der Waals surface area contributed by atoms with Crippen molar-refractivity contribution in [2.45, 2.75) is 25.9 Å². The van der Waals surface area contributed by atoms with Gasteiger partial charge in [0.25, 0.3) is 0 Å². The monoisotopic (exact) mass is 218 g/mol. The summed E-state index contributed by atoms with van der Waals surface area (Å²) in [7, 11) is 0. The van der Waals surface area contributed by atoms with Gasteiger partial charge in [-0.1, -0.05) is 35.5 Å². The maximum atomic E-state index is 9.18. The first-order chi connectivity index (χ1) is 7.74. The molecule has 0 radical (unpaired) electrons. The van der Waals surface area contributed by atoms with E-state index in [-0.39, 0.29) is 0 Å². The topological polar surface area (TPSA) is 59.2 Å². The molecule has 1 atom stereocenters. The smallest absolute Gasteiger partial charge is 0.231 e. The van der Waals surface area contributed by atoms with Crippen molar-refractivity contribution in [2.75, 3.05) is 0 Å². The van der Waals surface area contributed by atoms with Crippen LogP contribution in [0.2, 0.25) is 0 Å². The molecule has 84 valence electrons. The van der Waals surface area contributed by atoms with Gasteiger partial charge in [-0.2, -0.15) is 4.98 Å². The van der Waals surface area contributed by atoms with Gasteiger partial charge in [0.2, 0.25) is 5.89 Å². The molecule has 1 aromatic heterocycles. The highest BCUT2D eigenvalue weighted by Crippen LogP contribution is 2.08. The van der Waals surface area contributed by atoms with E-state index < -0.39 is 6.10 Å². The fourth-order valence-corrected chi connectivity index (χ4v) is 1.48. The summed E-state index contributed by atoms with van der Waals surface area (Å²) in [5.74, 6) is 1.14. The molecule has 0 saturated heterocycles. The molecule has 2 rings (SSSR count). The zero-order valence-electron chi connectivity index (χ0n) is 9.13. The van der Waals surface area contributed by atoms with Gasteiger partial charge >= 0.3 is 0 Å². The Labute approximate surface area is 93.9 Å². The van der Waals surface area contributed by atoms with Crippen LogP contribution in [0.3, 0.4) is 0 Å². The van der Waals surface area contributed by atoms with Crippen LogP contribution in [0.4, 0.5) is 0 Å². The average molecular weight is 218 g/mol. The third kappa shape index (κ3) is 2.90. The van der Waals surface area contributed by atoms with E-state index >= 15 is 0 Å². The summed E-state index contributed by atoms with van der Waals surface area (Å²) >= 11 is 0. The van der Waals surface area contributed by atoms with Crippen LogP contribution in [-0.4, -0.2) is 21.4 Å². The predicted molar refractivity (Wildman–Crippen MR) is 58.9 cm³/mol. The molecule has 1 heterocycles. The van der Waals surface area contributed by atoms with Crippen LogP contribution in [0.1, 0.15) is 24.2 Å². The van der Waals surface area contributed by atoms with E-state index in [9.17, 15) is 5.11 Å². The summed E-state index contributed by atoms with van der Waals surface area (Å²) in [5.41, 5.74) is 1.13. The lowest BCUT2D eigenvalue weighted by Gasteiger charge is -1.96. The molecule has 0 aliphatic heterocycles. The van der Waals surface area contributed by atoms with Crippen LogP contribution in [-0.2, 0) is 12.8 Å². The number of aliphatic hydroxyl groups excluding tert-OH is 1. The van der Waals surface area contributed by atoms with E-state index in [1.807, 2.05) is 30.3 Å². The van der Waals surface area contributed by atoms with Gasteiger partial charge in [0, 0.05) is 6.42 Å². The first-order valence-corrected chi connectivity index (χ1v) is 5.27. The predicted octanol–water partition coefficient (Wildman–Crippen LogP) is 1.58. The van der Waals surface area contributed by atoms with Crippen molar-refractivity contribution in [1.82, 2.24) is 10.1 Å². The Morgan fingerprint density at radius 1 is 1.31 bits per heavy atom. The van der Waals surface area contributed by atoms with Crippen molar-refractivity contribution in [1.29, 1.82) is 0 Å². The second-order valence-corrected chi connectivity index (χ2v) is 3.82. The maximum Gasteiger partial charge on any atom is 0.231 e. The van der Waals surface area contributed by atoms with E-state index in [0.717, 1.165) is 5.56 Å². The van der Waals surface area contributed by atoms with E-state index in [2.05, 4.69) is 10.1 Å². The van der Waals surface area contributed by atoms with Crippen molar-refractivity contribution >= 4 is 0 Å². The molecule has 0 spiro atoms. The normalized spacial score (nSPS) is 12.6. The number of nitrogens with zero attached hydrogens (tertiary/aromatic N) is 2. The van der Waals surface area contributed by atoms with E-state index in [0.29, 0.717) is 24.6 Å². The highest BCUT2D eigenvalue weighted by Gasteiger charge is 2.08. The molecule has 0 aliphatic carbocycles. The van der Waals surface area contributed by atoms with Gasteiger partial charge in [0.05, 0.1) is 12.5 Å². The summed E-state index contributed by atoms with van der Waals surface area (Å²) in [6.45, 7) is 1.70. The Hall–Kier alpha value is -1.68. The van der Waals surface area contributed by atoms with E-state index in [1.54, 1.807) is 6.92 Å². The van der Waals surface area contributed by atoms with Crippen LogP contribution >= 0.6 is 0 Å². The van der Waals surface area contributed by atoms with Gasteiger partial charge < -0.3 is 9.63 Å². The lowest BCUT2D eigenvalue weighted by Crippen LogP contribution is -2.05. The van der Waals surface area contributed by atoms with Gasteiger partial charge in [-0.3, -0.25) is 0 Å². The molecule has 1 aromatic carbocycles. The number of rotatable bonds is 4. The largest absolute Gasteiger partial charge is 0.393 e. The zero-order valence-corrected chi connectivity index (χ0v) is 9.13. The fourth-order valence-electron chi connectivity index (χ4n) is 1.48. The zero-order chi connectivity index (χ0) is 11.4. The summed E-state index contributed by atoms with van der Waals surface area (Å²) in [5, 5.41) is 13.0. The molecule has 0 fully saturated rings. The quantitative estimate of drug-likeness (QED) is 0.846. The molecule has 1 unspecified atom stereocenters. The number of benzene rings is 1. The second-order valence-electron chi connectivity index (χ2n) is 3.82. The minimum atomic E-state index is -0.442. The molecule has 0 amide bonds. The summed E-state index contributed by atoms with van der Waals surface area (Å²) in [6.07, 6.45) is 0.619. The molecule has 4 nitrogen and oxygen atoms in total. The van der Waals surface area contributed by atoms with Crippen LogP contribution in [0.25, 0.3) is 0 Å². The van der Waals surface area contributed by atoms with Crippen molar-refractivity contribution in [3.8, 4) is 0 Å². The van der Waals surface area contributed by atoms with Gasteiger partial charge in [-0.05, 0) is 12.5 Å². The SMILES string of the molecule is CC(O)Cc1noc(Cc2ccccc2)n1. The Morgan fingerprint density at radius 3 is 2.75 bits per heavy atom. The van der Waals surface area contributed by atoms with Crippen LogP contribution < -0.4 is 0 Å². The molecule has 16 heavy (non-hydrogen) atoms. The Balaban J connectivity index is 2.03. The van der Waals surface area contributed by atoms with E-state index in [4.69, 9.17) is 4.52 Å². The molecule has 2 aromatic rings. The molecule has 4 heteroatoms. The van der Waals surface area contributed by atoms with Crippen LogP contribution in [0, 0.1) is 0 Å². The number of hydrogen-bond donors (Lipinski definition) is 1. The third-order valence-electron chi connectivity index (χ3n) is 2.19. The highest BCUT2D eigenvalue weighted by atomic mass is 16.5. The van der Waals surface area contributed by atoms with Gasteiger partial charge in [0.15, 0.2) is 5.82 Å². The Bertz CT molecular complexity index is 437. The number of aliphatic hydroxyl groups is 1. The molecule has 1 N–H and O–H groups in total. The third-order valence-corrected chi connectivity index (χ3v) is 2.19. The standard InChI is InChI=1S/C12H14N2O2/c1-9(15)7-11-13-12(16-14-11)8-10-5-3-2-4-6-10/h2-6,9,15H,7-8H2,1H3. The highest BCUT2D eigenvalue weighted by molar-refractivity contribution is 5.17. The summed E-state index contributed by atoms with van der Waals surface area (Å²) in [4.78, 5) is 4.21. The molecular weight excluding hydrogens is 204 g/mol. The molecule has 0 aliphatic rings. The van der Waals surface area contributed by atoms with Crippen molar-refractivity contribution in [2.24, 2.45) is 0 Å². The minimum Gasteiger partial charge on any atom is -0.393 e. The first-order valence-electron chi connectivity index (χ1n) is 5.27. The van der Waals surface area contributed by atoms with Crippen molar-refractivity contribution < 1.29 is 9.63 Å². The fraction of sp³-hybridized carbons (Fsp3) is 0.333. The van der Waals surface area contributed by atoms with Crippen LogP contribution in [0.15, 0.2) is 34.9 Å². The van der Waals surface area contributed by atoms with Gasteiger partial charge in [-0.25, -0.2) is 0 Å². The van der Waals surface area contributed by atoms with Crippen LogP contribution in [0.5, 0.6) is 0 Å². The number of hydrogen-bond acceptors (Lipinski definition) is 4. The molecular formula is C12H14N2O2. The Kier molecular flexibility index (Phi) is 3.31. The maximum absolute atomic E-state index is 9.18. The lowest BCUT2D eigenvalue weighted by atomic mass is 10.1. The van der Waals surface area contributed by atoms with Crippen molar-refractivity contribution in [3.63, 3.8) is 0 Å². The Morgan fingerprint density at radius 2 is 2.06 bits per heavy atom. The second kappa shape index (κ2) is 4.90. The minimum absolute atomic E-state index is 0.429. The number of aromatic nitrogens is 2. The average Bonchev–Trinajstić information content (AvgIpc) is 2.66. The molecule has 0 saturated carbocycles. The van der Waals surface area contributed by atoms with Gasteiger partial charge in [-0.15, -0.1) is 0 Å². The lowest BCUT2D eigenvalue weighted by molar-refractivity contribution is 0.191.